The molecule has 0 spiro atoms. The molecule has 4 heterocycles. The lowest BCUT2D eigenvalue weighted by Crippen LogP contribution is -2.61. The average molecular weight is 1040 g/mol. The summed E-state index contributed by atoms with van der Waals surface area (Å²) in [6, 6.07) is 16.2. The summed E-state index contributed by atoms with van der Waals surface area (Å²) in [5.74, 6) is -7.14. The number of anilines is 1. The molecule has 398 valence electrons. The Morgan fingerprint density at radius 3 is 2.22 bits per heavy atom. The number of aliphatic carboxylic acids is 2. The number of benzene rings is 2. The first-order valence-corrected chi connectivity index (χ1v) is 23.3. The molecule has 3 aliphatic heterocycles. The normalized spacial score (nSPS) is 20.3. The lowest BCUT2D eigenvalue weighted by atomic mass is 9.91. The van der Waals surface area contributed by atoms with Crippen molar-refractivity contribution < 1.29 is 91.1 Å². The van der Waals surface area contributed by atoms with Crippen LogP contribution < -0.4 is 36.1 Å². The van der Waals surface area contributed by atoms with Crippen LogP contribution in [0.1, 0.15) is 60.0 Å². The fraction of sp³-hybridized carbons (Fsp3) is 0.408. The third-order valence-electron chi connectivity index (χ3n) is 11.9. The van der Waals surface area contributed by atoms with E-state index in [4.69, 9.17) is 25.1 Å². The highest BCUT2D eigenvalue weighted by molar-refractivity contribution is 6.15. The van der Waals surface area contributed by atoms with Crippen molar-refractivity contribution in [2.75, 3.05) is 38.0 Å². The number of carboxylic acids is 2. The van der Waals surface area contributed by atoms with Crippen LogP contribution in [0.5, 0.6) is 5.75 Å². The molecule has 0 saturated carbocycles. The molecule has 6 atom stereocenters. The van der Waals surface area contributed by atoms with Crippen LogP contribution >= 0.6 is 0 Å². The minimum atomic E-state index is -5.19. The van der Waals surface area contributed by atoms with E-state index in [0.29, 0.717) is 34.1 Å². The number of hydrogen-bond acceptors (Lipinski definition) is 15. The minimum absolute atomic E-state index is 0.0327. The van der Waals surface area contributed by atoms with E-state index in [-0.39, 0.29) is 49.3 Å². The van der Waals surface area contributed by atoms with Crippen LogP contribution in [-0.4, -0.2) is 153 Å². The molecule has 22 nitrogen and oxygen atoms in total. The Morgan fingerprint density at radius 2 is 1.58 bits per heavy atom. The summed E-state index contributed by atoms with van der Waals surface area (Å²) in [6.45, 7) is 1.68. The fourth-order valence-electron chi connectivity index (χ4n) is 7.97. The molecule has 74 heavy (non-hydrogen) atoms. The number of unbranched alkanes of at least 4 members (excludes halogenated alkanes) is 1. The van der Waals surface area contributed by atoms with Crippen LogP contribution in [0.2, 0.25) is 0 Å². The summed E-state index contributed by atoms with van der Waals surface area (Å²) in [7, 11) is 0. The van der Waals surface area contributed by atoms with Crippen LogP contribution in [0.15, 0.2) is 91.3 Å². The number of ether oxygens (including phenoxy) is 2. The number of hydrogen-bond donors (Lipinski definition) is 8. The van der Waals surface area contributed by atoms with E-state index in [2.05, 4.69) is 16.0 Å². The molecule has 25 heteroatoms. The zero-order valence-electron chi connectivity index (χ0n) is 39.6. The number of alkyl halides is 3. The Hall–Kier alpha value is -7.58. The summed E-state index contributed by atoms with van der Waals surface area (Å²) in [4.78, 5) is 98.8. The maximum absolute atomic E-state index is 13.3. The molecule has 2 fully saturated rings. The number of carbonyl (C=O) groups excluding carboxylic acids is 7. The van der Waals surface area contributed by atoms with Crippen molar-refractivity contribution in [3.8, 4) is 5.75 Å². The summed E-state index contributed by atoms with van der Waals surface area (Å²) in [5.41, 5.74) is 7.76. The Balaban J connectivity index is 0.00000135. The first kappa shape index (κ1) is 57.3. The zero-order chi connectivity index (χ0) is 54.1. The molecule has 9 N–H and O–H groups in total. The zero-order valence-corrected chi connectivity index (χ0v) is 39.6. The van der Waals surface area contributed by atoms with Crippen LogP contribution in [0.25, 0.3) is 6.08 Å². The van der Waals surface area contributed by atoms with Gasteiger partial charge in [0.15, 0.2) is 25.0 Å². The van der Waals surface area contributed by atoms with Crippen LogP contribution in [0, 0.1) is 5.92 Å². The Kier molecular flexibility index (Phi) is 20.9. The molecule has 1 unspecified atom stereocenters. The van der Waals surface area contributed by atoms with Gasteiger partial charge in [-0.05, 0) is 67.7 Å². The average Bonchev–Trinajstić information content (AvgIpc) is 3.70. The smallest absolute Gasteiger partial charge is 0.430 e. The van der Waals surface area contributed by atoms with Crippen molar-refractivity contribution in [1.29, 1.82) is 0 Å². The molecule has 2 saturated heterocycles. The van der Waals surface area contributed by atoms with Gasteiger partial charge >= 0.3 is 12.1 Å². The highest BCUT2D eigenvalue weighted by Crippen LogP contribution is 2.31. The van der Waals surface area contributed by atoms with Gasteiger partial charge in [0.05, 0.1) is 5.69 Å². The molecule has 6 rings (SSSR count). The van der Waals surface area contributed by atoms with Crippen LogP contribution in [0.4, 0.5) is 18.9 Å². The summed E-state index contributed by atoms with van der Waals surface area (Å²) >= 11 is 0. The van der Waals surface area contributed by atoms with Crippen molar-refractivity contribution in [2.45, 2.75) is 88.0 Å². The highest BCUT2D eigenvalue weighted by atomic mass is 19.4. The summed E-state index contributed by atoms with van der Waals surface area (Å²) in [5, 5.41) is 57.5. The predicted octanol–water partition coefficient (Wildman–Crippen LogP) is -0.859. The molecule has 0 aliphatic carbocycles. The van der Waals surface area contributed by atoms with Gasteiger partial charge in [-0.1, -0.05) is 31.0 Å². The molecular weight excluding hydrogens is 984 g/mol. The largest absolute Gasteiger partial charge is 0.542 e. The van der Waals surface area contributed by atoms with Gasteiger partial charge in [0, 0.05) is 80.1 Å². The molecule has 6 amide bonds. The SMILES string of the molecule is NCC(C(=O)NCCC(=O)Nc1cc(C[n+]2cccc(/C=C/C(=O)NCCCCC3CCN(C(=O)c4ccccc4)CC3)c2)ccc1O[C@@H]1O[C@H](C(=O)O)[C@@H](O)[C@H](O)[C@H]1O)N1C(=O)C=CC1=O.O=C([O-])C(F)(F)F. The number of nitrogens with one attached hydrogen (secondary N) is 3. The van der Waals surface area contributed by atoms with Gasteiger partial charge in [-0.2, -0.15) is 13.2 Å². The second kappa shape index (κ2) is 26.9. The maximum atomic E-state index is 13.3. The van der Waals surface area contributed by atoms with E-state index in [1.165, 1.54) is 12.1 Å². The Morgan fingerprint density at radius 1 is 0.905 bits per heavy atom. The van der Waals surface area contributed by atoms with Gasteiger partial charge in [-0.25, -0.2) is 9.36 Å². The van der Waals surface area contributed by atoms with Crippen molar-refractivity contribution in [3.63, 3.8) is 0 Å². The van der Waals surface area contributed by atoms with Gasteiger partial charge < -0.3 is 66.4 Å². The molecule has 1 aromatic heterocycles. The summed E-state index contributed by atoms with van der Waals surface area (Å²) < 4.78 is 44.4. The molecule has 0 bridgehead atoms. The number of rotatable bonds is 20. The topological polar surface area (TPSA) is 331 Å². The lowest BCUT2D eigenvalue weighted by Gasteiger charge is -2.38. The summed E-state index contributed by atoms with van der Waals surface area (Å²) in [6.07, 6.45) is -1.54. The van der Waals surface area contributed by atoms with Crippen molar-refractivity contribution in [2.24, 2.45) is 11.7 Å². The number of aromatic nitrogens is 1. The molecule has 3 aromatic rings. The number of likely N-dealkylation sites (tertiary alicyclic amines) is 1. The Labute approximate surface area is 421 Å². The second-order valence-electron chi connectivity index (χ2n) is 17.2. The van der Waals surface area contributed by atoms with E-state index in [1.54, 1.807) is 36.7 Å². The van der Waals surface area contributed by atoms with Crippen LogP contribution in [-0.2, 0) is 44.8 Å². The van der Waals surface area contributed by atoms with E-state index in [1.807, 2.05) is 45.9 Å². The standard InChI is InChI=1S/C47H55N7O13.C2HF3O2/c48-26-34(54-38(57)15-16-39(54)58)44(62)50-21-17-37(56)51-33-25-31(11-13-35(33)66-47-42(61)40(59)41(60)43(67-47)46(64)65)28-52-22-6-8-30(27-52)12-14-36(55)49-20-5-4-7-29-18-23-53(24-19-29)45(63)32-9-2-1-3-10-32;3-2(4,5)1(6)7/h1-3,6,8-16,22,25,27,29,34,40-43,47,59-61H,4-5,7,17-21,23-24,26,28,48H2,(H3-,49,50,51,55,56,62,64,65);(H,6,7)/b14-12+;/t34?,40-,41-,42+,43-,47+;/m0./s1. The predicted molar refractivity (Wildman–Crippen MR) is 249 cm³/mol. The number of pyridine rings is 1. The number of amides is 6. The highest BCUT2D eigenvalue weighted by Gasteiger charge is 2.48. The molecule has 2 aromatic carbocycles. The number of carbonyl (C=O) groups is 8. The number of aliphatic hydroxyl groups excluding tert-OH is 3. The number of nitrogens with zero attached hydrogens (tertiary/aromatic N) is 3. The fourth-order valence-corrected chi connectivity index (χ4v) is 7.97. The second-order valence-corrected chi connectivity index (χ2v) is 17.2. The van der Waals surface area contributed by atoms with Gasteiger partial charge in [-0.15, -0.1) is 0 Å². The van der Waals surface area contributed by atoms with Gasteiger partial charge in [-0.3, -0.25) is 33.7 Å². The van der Waals surface area contributed by atoms with Gasteiger partial charge in [0.2, 0.25) is 24.0 Å². The van der Waals surface area contributed by atoms with E-state index >= 15 is 0 Å². The number of halogens is 3. The first-order chi connectivity index (χ1) is 35.2. The van der Waals surface area contributed by atoms with E-state index in [9.17, 15) is 67.2 Å². The number of carboxylic acid groups (broad SMARTS) is 2. The van der Waals surface area contributed by atoms with Crippen molar-refractivity contribution >= 4 is 59.1 Å². The number of aliphatic hydroxyl groups is 3. The number of nitrogens with two attached hydrogens (primary N) is 1. The maximum Gasteiger partial charge on any atom is 0.430 e. The first-order valence-electron chi connectivity index (χ1n) is 23.3. The van der Waals surface area contributed by atoms with Crippen molar-refractivity contribution in [1.82, 2.24) is 20.4 Å². The monoisotopic (exact) mass is 1040 g/mol. The molecular formula is C49H56F3N7O15. The van der Waals surface area contributed by atoms with Crippen LogP contribution in [0.3, 0.4) is 0 Å². The van der Waals surface area contributed by atoms with E-state index < -0.39 is 78.5 Å². The molecule has 3 aliphatic rings. The lowest BCUT2D eigenvalue weighted by molar-refractivity contribution is -0.688. The number of piperidine rings is 1. The third kappa shape index (κ3) is 16.5. The van der Waals surface area contributed by atoms with Crippen molar-refractivity contribution in [3.05, 3.63) is 108 Å². The Bertz CT molecular complexity index is 2540. The quantitative estimate of drug-likeness (QED) is 0.0296. The van der Waals surface area contributed by atoms with E-state index in [0.717, 1.165) is 57.3 Å². The minimum Gasteiger partial charge on any atom is -0.542 e. The van der Waals surface area contributed by atoms with Gasteiger partial charge in [0.25, 0.3) is 17.7 Å². The number of imide groups is 1. The van der Waals surface area contributed by atoms with Gasteiger partial charge in [0.1, 0.15) is 36.1 Å². The molecule has 0 radical (unpaired) electrons. The third-order valence-corrected chi connectivity index (χ3v) is 11.9.